The monoisotopic (exact) mass is 763 g/mol. The first-order valence-electron chi connectivity index (χ1n) is 20.0. The van der Waals surface area contributed by atoms with Crippen LogP contribution in [0.1, 0.15) is 88.0 Å². The minimum atomic E-state index is -0.689. The van der Waals surface area contributed by atoms with Crippen LogP contribution in [0.15, 0.2) is 122 Å². The molecule has 0 saturated carbocycles. The average molecular weight is 764 g/mol. The zero-order chi connectivity index (χ0) is 40.7. The van der Waals surface area contributed by atoms with Crippen molar-refractivity contribution < 1.29 is 9.59 Å². The van der Waals surface area contributed by atoms with Gasteiger partial charge in [0.15, 0.2) is 0 Å². The number of amides is 2. The van der Waals surface area contributed by atoms with E-state index in [1.54, 1.807) is 25.6 Å². The molecule has 6 rings (SSSR count). The van der Waals surface area contributed by atoms with E-state index < -0.39 is 5.54 Å². The molecule has 6 aromatic rings. The van der Waals surface area contributed by atoms with Crippen LogP contribution in [0, 0.1) is 0 Å². The van der Waals surface area contributed by atoms with E-state index in [-0.39, 0.29) is 17.2 Å². The number of hydrogen-bond acceptors (Lipinski definition) is 5. The summed E-state index contributed by atoms with van der Waals surface area (Å²) in [7, 11) is 0. The van der Waals surface area contributed by atoms with Crippen LogP contribution in [0.5, 0.6) is 0 Å². The molecule has 0 aliphatic rings. The highest BCUT2D eigenvalue weighted by atomic mass is 16.2. The molecule has 4 aromatic carbocycles. The molecule has 0 spiro atoms. The van der Waals surface area contributed by atoms with E-state index >= 15 is 0 Å². The highest BCUT2D eigenvalue weighted by molar-refractivity contribution is 5.96. The Balaban J connectivity index is 1.31. The zero-order valence-electron chi connectivity index (χ0n) is 34.8. The summed E-state index contributed by atoms with van der Waals surface area (Å²) in [6.45, 7) is 21.2. The lowest BCUT2D eigenvalue weighted by atomic mass is 9.86. The molecule has 0 bridgehead atoms. The summed E-state index contributed by atoms with van der Waals surface area (Å²) in [5.41, 5.74) is 9.28. The Morgan fingerprint density at radius 3 is 1.82 bits per heavy atom. The first-order chi connectivity index (χ1) is 27.3. The fraction of sp³-hybridized carbons (Fsp3) is 0.333. The van der Waals surface area contributed by atoms with E-state index in [1.165, 1.54) is 5.56 Å². The third-order valence-corrected chi connectivity index (χ3v) is 10.9. The van der Waals surface area contributed by atoms with Gasteiger partial charge in [-0.05, 0) is 107 Å². The van der Waals surface area contributed by atoms with Crippen molar-refractivity contribution in [3.8, 4) is 22.3 Å². The molecule has 2 heterocycles. The van der Waals surface area contributed by atoms with E-state index in [1.807, 2.05) is 44.9 Å². The molecule has 9 heteroatoms. The van der Waals surface area contributed by atoms with Gasteiger partial charge in [-0.3, -0.25) is 9.59 Å². The number of carbonyl (C=O) groups is 2. The topological polar surface area (TPSA) is 88.3 Å². The molecule has 0 radical (unpaired) electrons. The van der Waals surface area contributed by atoms with Crippen LogP contribution in [-0.2, 0) is 28.8 Å². The molecule has 1 N–H and O–H groups in total. The normalized spacial score (nSPS) is 11.9. The van der Waals surface area contributed by atoms with Gasteiger partial charge in [-0.15, -0.1) is 0 Å². The second-order valence-electron chi connectivity index (χ2n) is 16.3. The van der Waals surface area contributed by atoms with Crippen LogP contribution in [0.3, 0.4) is 0 Å². The molecule has 0 fully saturated rings. The maximum absolute atomic E-state index is 13.7. The molecule has 57 heavy (non-hydrogen) atoms. The van der Waals surface area contributed by atoms with Crippen LogP contribution < -0.4 is 10.2 Å². The maximum atomic E-state index is 13.7. The molecule has 2 aromatic heterocycles. The second-order valence-corrected chi connectivity index (χ2v) is 16.3. The Kier molecular flexibility index (Phi) is 12.6. The van der Waals surface area contributed by atoms with E-state index in [2.05, 4.69) is 141 Å². The summed E-state index contributed by atoms with van der Waals surface area (Å²) in [4.78, 5) is 39.9. The van der Waals surface area contributed by atoms with E-state index in [0.29, 0.717) is 25.2 Å². The Bertz CT molecular complexity index is 2250. The lowest BCUT2D eigenvalue weighted by Gasteiger charge is -2.39. The third kappa shape index (κ3) is 9.78. The van der Waals surface area contributed by atoms with Crippen molar-refractivity contribution in [1.82, 2.24) is 29.3 Å². The van der Waals surface area contributed by atoms with Gasteiger partial charge in [-0.2, -0.15) is 0 Å². The molecule has 0 saturated heterocycles. The molecule has 0 unspecified atom stereocenters. The summed E-state index contributed by atoms with van der Waals surface area (Å²) in [5.74, 6) is -0.127. The third-order valence-electron chi connectivity index (χ3n) is 10.9. The first kappa shape index (κ1) is 40.9. The number of aromatic nitrogens is 4. The molecule has 2 amide bonds. The van der Waals surface area contributed by atoms with Gasteiger partial charge in [0, 0.05) is 69.1 Å². The van der Waals surface area contributed by atoms with Crippen molar-refractivity contribution in [3.05, 3.63) is 150 Å². The zero-order valence-corrected chi connectivity index (χ0v) is 34.8. The lowest BCUT2D eigenvalue weighted by molar-refractivity contribution is -0.117. The fourth-order valence-corrected chi connectivity index (χ4v) is 7.58. The number of imidazole rings is 2. The van der Waals surface area contributed by atoms with Crippen LogP contribution in [0.2, 0.25) is 0 Å². The van der Waals surface area contributed by atoms with E-state index in [0.717, 1.165) is 64.3 Å². The van der Waals surface area contributed by atoms with Gasteiger partial charge in [0.05, 0.1) is 18.2 Å². The highest BCUT2D eigenvalue weighted by Crippen LogP contribution is 2.38. The summed E-state index contributed by atoms with van der Waals surface area (Å²) in [6, 6.07) is 29.7. The number of anilines is 1. The Hall–Kier alpha value is -5.80. The van der Waals surface area contributed by atoms with Gasteiger partial charge in [-0.1, -0.05) is 89.2 Å². The molecular formula is C48H57N7O2. The Labute approximate surface area is 338 Å². The van der Waals surface area contributed by atoms with Crippen molar-refractivity contribution >= 4 is 17.5 Å². The molecule has 9 nitrogen and oxygen atoms in total. The number of hydrogen-bond donors (Lipinski definition) is 1. The SMILES string of the molecule is CCN(CC)CCNC(=O)c1ccc(-c2ccc(C(C)(C)N(C(C)=O)c3cc(Cn4ccnc4)cc(-c4ccc(C(C)(C)C)cc4)c3)cc2)cc1Cn1ccnc1. The van der Waals surface area contributed by atoms with Gasteiger partial charge in [0.25, 0.3) is 5.91 Å². The summed E-state index contributed by atoms with van der Waals surface area (Å²) in [6.07, 6.45) is 11.0. The fourth-order valence-electron chi connectivity index (χ4n) is 7.58. The number of rotatable bonds is 15. The molecular weight excluding hydrogens is 707 g/mol. The summed E-state index contributed by atoms with van der Waals surface area (Å²) >= 11 is 0. The number of likely N-dealkylation sites (N-methyl/N-ethyl adjacent to an activating group) is 1. The number of carbonyl (C=O) groups excluding carboxylic acids is 2. The Morgan fingerprint density at radius 2 is 1.26 bits per heavy atom. The van der Waals surface area contributed by atoms with Gasteiger partial charge in [-0.25, -0.2) is 9.97 Å². The molecule has 0 atom stereocenters. The maximum Gasteiger partial charge on any atom is 0.251 e. The smallest absolute Gasteiger partial charge is 0.251 e. The van der Waals surface area contributed by atoms with Crippen molar-refractivity contribution in [1.29, 1.82) is 0 Å². The Morgan fingerprint density at radius 1 is 0.684 bits per heavy atom. The number of nitrogens with zero attached hydrogens (tertiary/aromatic N) is 6. The lowest BCUT2D eigenvalue weighted by Crippen LogP contribution is -2.45. The predicted molar refractivity (Wildman–Crippen MR) is 231 cm³/mol. The minimum absolute atomic E-state index is 0.0473. The average Bonchev–Trinajstić information content (AvgIpc) is 3.91. The van der Waals surface area contributed by atoms with Crippen LogP contribution in [0.25, 0.3) is 22.3 Å². The van der Waals surface area contributed by atoms with E-state index in [4.69, 9.17) is 0 Å². The van der Waals surface area contributed by atoms with Crippen molar-refractivity contribution in [3.63, 3.8) is 0 Å². The van der Waals surface area contributed by atoms with Gasteiger partial charge in [0.1, 0.15) is 0 Å². The van der Waals surface area contributed by atoms with Crippen molar-refractivity contribution in [2.45, 2.75) is 79.4 Å². The van der Waals surface area contributed by atoms with Gasteiger partial charge in [0.2, 0.25) is 5.91 Å². The second kappa shape index (κ2) is 17.6. The van der Waals surface area contributed by atoms with Crippen LogP contribution in [0.4, 0.5) is 5.69 Å². The summed E-state index contributed by atoms with van der Waals surface area (Å²) in [5, 5.41) is 3.13. The van der Waals surface area contributed by atoms with Gasteiger partial charge < -0.3 is 24.3 Å². The van der Waals surface area contributed by atoms with Crippen molar-refractivity contribution in [2.75, 3.05) is 31.1 Å². The predicted octanol–water partition coefficient (Wildman–Crippen LogP) is 9.17. The number of nitrogens with one attached hydrogen (secondary N) is 1. The molecule has 296 valence electrons. The van der Waals surface area contributed by atoms with E-state index in [9.17, 15) is 9.59 Å². The summed E-state index contributed by atoms with van der Waals surface area (Å²) < 4.78 is 4.02. The molecule has 0 aliphatic heterocycles. The molecule has 0 aliphatic carbocycles. The highest BCUT2D eigenvalue weighted by Gasteiger charge is 2.33. The van der Waals surface area contributed by atoms with Crippen LogP contribution in [-0.4, -0.2) is 62.0 Å². The van der Waals surface area contributed by atoms with Crippen molar-refractivity contribution in [2.24, 2.45) is 0 Å². The van der Waals surface area contributed by atoms with Crippen LogP contribution >= 0.6 is 0 Å². The largest absolute Gasteiger partial charge is 0.351 e. The van der Waals surface area contributed by atoms with Gasteiger partial charge >= 0.3 is 0 Å². The standard InChI is InChI=1S/C48H57N7O2/c1-9-52(10-2)26-23-51-46(57)45-20-15-39(29-41(45)32-54-25-22-50-34-54)37-13-18-43(19-14-37)48(7,8)55(35(3)56)44-28-36(31-53-24-21-49-33-53)27-40(30-44)38-11-16-42(17-12-38)47(4,5)6/h11-22,24-25,27-30,33-34H,9-10,23,26,31-32H2,1-8H3,(H,51,57). The minimum Gasteiger partial charge on any atom is -0.351 e. The quantitative estimate of drug-likeness (QED) is 0.113. The number of benzene rings is 4. The first-order valence-corrected chi connectivity index (χ1v) is 20.0.